The van der Waals surface area contributed by atoms with Crippen molar-refractivity contribution >= 4 is 18.1 Å². The second kappa shape index (κ2) is 8.61. The van der Waals surface area contributed by atoms with Gasteiger partial charge in [-0.15, -0.1) is 0 Å². The summed E-state index contributed by atoms with van der Waals surface area (Å²) in [6.07, 6.45) is 5.73. The summed E-state index contributed by atoms with van der Waals surface area (Å²) in [5.41, 5.74) is 2.73. The maximum absolute atomic E-state index is 11.6. The number of piperidine rings is 1. The van der Waals surface area contributed by atoms with Gasteiger partial charge in [0.15, 0.2) is 0 Å². The molecule has 26 heavy (non-hydrogen) atoms. The maximum atomic E-state index is 11.6. The van der Waals surface area contributed by atoms with Gasteiger partial charge in [0.1, 0.15) is 18.2 Å². The van der Waals surface area contributed by atoms with Crippen LogP contribution in [-0.2, 0) is 9.53 Å². The molecule has 1 fully saturated rings. The van der Waals surface area contributed by atoms with E-state index in [2.05, 4.69) is 9.88 Å². The van der Waals surface area contributed by atoms with Gasteiger partial charge in [-0.3, -0.25) is 9.59 Å². The molecule has 0 unspecified atom stereocenters. The highest BCUT2D eigenvalue weighted by Crippen LogP contribution is 2.24. The van der Waals surface area contributed by atoms with Crippen LogP contribution in [-0.4, -0.2) is 36.4 Å². The Kier molecular flexibility index (Phi) is 6.00. The summed E-state index contributed by atoms with van der Waals surface area (Å²) in [7, 11) is 0. The first kappa shape index (κ1) is 18.1. The van der Waals surface area contributed by atoms with E-state index in [1.165, 1.54) is 0 Å². The fraction of sp³-hybridized carbons (Fsp3) is 0.381. The molecule has 2 heterocycles. The topological polar surface area (TPSA) is 59.5 Å². The third kappa shape index (κ3) is 4.48. The molecule has 0 aliphatic carbocycles. The first-order valence-electron chi connectivity index (χ1n) is 9.15. The van der Waals surface area contributed by atoms with Crippen molar-refractivity contribution in [3.63, 3.8) is 0 Å². The molecule has 0 atom stereocenters. The van der Waals surface area contributed by atoms with Gasteiger partial charge in [-0.25, -0.2) is 4.98 Å². The molecule has 0 amide bonds. The quantitative estimate of drug-likeness (QED) is 0.583. The molecule has 5 heteroatoms. The normalized spacial score (nSPS) is 14.9. The summed E-state index contributed by atoms with van der Waals surface area (Å²) in [5.74, 6) is 0.852. The Morgan fingerprint density at radius 2 is 1.85 bits per heavy atom. The van der Waals surface area contributed by atoms with Gasteiger partial charge in [-0.05, 0) is 24.1 Å². The predicted molar refractivity (Wildman–Crippen MR) is 101 cm³/mol. The summed E-state index contributed by atoms with van der Waals surface area (Å²) >= 11 is 0. The minimum absolute atomic E-state index is 0.0286. The monoisotopic (exact) mass is 352 g/mol. The Morgan fingerprint density at radius 1 is 1.15 bits per heavy atom. The van der Waals surface area contributed by atoms with Crippen LogP contribution < -0.4 is 4.90 Å². The SMILES string of the molecule is CCCC(=O)OC1CCN(c2ccc(-c3ccc(C=O)cc3)cn2)CC1. The van der Waals surface area contributed by atoms with Gasteiger partial charge in [0.25, 0.3) is 0 Å². The number of hydrogen-bond acceptors (Lipinski definition) is 5. The Hall–Kier alpha value is -2.69. The van der Waals surface area contributed by atoms with Crippen LogP contribution in [0.15, 0.2) is 42.6 Å². The molecular weight excluding hydrogens is 328 g/mol. The number of aromatic nitrogens is 1. The first-order valence-corrected chi connectivity index (χ1v) is 9.15. The largest absolute Gasteiger partial charge is 0.462 e. The number of ether oxygens (including phenoxy) is 1. The molecule has 3 rings (SSSR count). The highest BCUT2D eigenvalue weighted by Gasteiger charge is 2.22. The lowest BCUT2D eigenvalue weighted by Gasteiger charge is -2.32. The van der Waals surface area contributed by atoms with E-state index in [0.717, 1.165) is 55.6 Å². The number of nitrogens with zero attached hydrogens (tertiary/aromatic N) is 2. The molecule has 1 aromatic heterocycles. The zero-order valence-corrected chi connectivity index (χ0v) is 15.1. The summed E-state index contributed by atoms with van der Waals surface area (Å²) in [6, 6.07) is 11.5. The zero-order valence-electron chi connectivity index (χ0n) is 15.1. The third-order valence-corrected chi connectivity index (χ3v) is 4.65. The van der Waals surface area contributed by atoms with E-state index >= 15 is 0 Å². The van der Waals surface area contributed by atoms with Crippen molar-refractivity contribution < 1.29 is 14.3 Å². The molecule has 0 N–H and O–H groups in total. The first-order chi connectivity index (χ1) is 12.7. The Bertz CT molecular complexity index is 733. The number of anilines is 1. The van der Waals surface area contributed by atoms with Crippen LogP contribution in [0.25, 0.3) is 11.1 Å². The minimum Gasteiger partial charge on any atom is -0.462 e. The van der Waals surface area contributed by atoms with E-state index in [-0.39, 0.29) is 12.1 Å². The van der Waals surface area contributed by atoms with Crippen molar-refractivity contribution in [3.05, 3.63) is 48.2 Å². The van der Waals surface area contributed by atoms with Crippen molar-refractivity contribution in [2.75, 3.05) is 18.0 Å². The van der Waals surface area contributed by atoms with Gasteiger partial charge in [0.05, 0.1) is 0 Å². The molecule has 1 aromatic carbocycles. The van der Waals surface area contributed by atoms with E-state index in [1.807, 2.05) is 37.4 Å². The fourth-order valence-corrected chi connectivity index (χ4v) is 3.15. The fourth-order valence-electron chi connectivity index (χ4n) is 3.15. The average Bonchev–Trinajstić information content (AvgIpc) is 2.69. The number of hydrogen-bond donors (Lipinski definition) is 0. The molecule has 136 valence electrons. The third-order valence-electron chi connectivity index (χ3n) is 4.65. The average molecular weight is 352 g/mol. The number of aldehydes is 1. The van der Waals surface area contributed by atoms with Crippen LogP contribution >= 0.6 is 0 Å². The predicted octanol–water partition coefficient (Wildman–Crippen LogP) is 3.87. The Morgan fingerprint density at radius 3 is 2.42 bits per heavy atom. The molecule has 1 saturated heterocycles. The molecule has 1 aliphatic heterocycles. The summed E-state index contributed by atoms with van der Waals surface area (Å²) < 4.78 is 5.50. The molecule has 2 aromatic rings. The van der Waals surface area contributed by atoms with Crippen LogP contribution in [0.3, 0.4) is 0 Å². The number of carbonyl (C=O) groups excluding carboxylic acids is 2. The molecule has 1 aliphatic rings. The summed E-state index contributed by atoms with van der Waals surface area (Å²) in [5, 5.41) is 0. The van der Waals surface area contributed by atoms with Crippen molar-refractivity contribution in [2.24, 2.45) is 0 Å². The standard InChI is InChI=1S/C21H24N2O3/c1-2-3-21(25)26-19-10-12-23(13-11-19)20-9-8-18(14-22-20)17-6-4-16(15-24)5-7-17/h4-9,14-15,19H,2-3,10-13H2,1H3. The second-order valence-electron chi connectivity index (χ2n) is 6.57. The lowest BCUT2D eigenvalue weighted by molar-refractivity contribution is -0.150. The summed E-state index contributed by atoms with van der Waals surface area (Å²) in [6.45, 7) is 3.66. The van der Waals surface area contributed by atoms with E-state index in [1.54, 1.807) is 12.1 Å². The smallest absolute Gasteiger partial charge is 0.306 e. The number of esters is 1. The van der Waals surface area contributed by atoms with Gasteiger partial charge in [-0.2, -0.15) is 0 Å². The van der Waals surface area contributed by atoms with E-state index < -0.39 is 0 Å². The highest BCUT2D eigenvalue weighted by atomic mass is 16.5. The van der Waals surface area contributed by atoms with E-state index in [0.29, 0.717) is 12.0 Å². The van der Waals surface area contributed by atoms with E-state index in [9.17, 15) is 9.59 Å². The molecule has 0 saturated carbocycles. The van der Waals surface area contributed by atoms with Gasteiger partial charge >= 0.3 is 5.97 Å². The zero-order chi connectivity index (χ0) is 18.4. The number of benzene rings is 1. The minimum atomic E-state index is -0.0889. The lowest BCUT2D eigenvalue weighted by atomic mass is 10.1. The highest BCUT2D eigenvalue weighted by molar-refractivity contribution is 5.77. The maximum Gasteiger partial charge on any atom is 0.306 e. The number of carbonyl (C=O) groups is 2. The molecule has 0 bridgehead atoms. The van der Waals surface area contributed by atoms with Crippen molar-refractivity contribution in [3.8, 4) is 11.1 Å². The molecule has 5 nitrogen and oxygen atoms in total. The number of rotatable bonds is 6. The summed E-state index contributed by atoms with van der Waals surface area (Å²) in [4.78, 5) is 29.2. The van der Waals surface area contributed by atoms with Crippen LogP contribution in [0.1, 0.15) is 43.0 Å². The van der Waals surface area contributed by atoms with Crippen LogP contribution in [0.4, 0.5) is 5.82 Å². The van der Waals surface area contributed by atoms with Gasteiger partial charge < -0.3 is 9.64 Å². The van der Waals surface area contributed by atoms with Crippen LogP contribution in [0.2, 0.25) is 0 Å². The van der Waals surface area contributed by atoms with Crippen LogP contribution in [0, 0.1) is 0 Å². The van der Waals surface area contributed by atoms with Gasteiger partial charge in [-0.1, -0.05) is 31.2 Å². The van der Waals surface area contributed by atoms with Gasteiger partial charge in [0.2, 0.25) is 0 Å². The van der Waals surface area contributed by atoms with Crippen molar-refractivity contribution in [1.29, 1.82) is 0 Å². The van der Waals surface area contributed by atoms with Crippen molar-refractivity contribution in [1.82, 2.24) is 4.98 Å². The Balaban J connectivity index is 1.57. The Labute approximate surface area is 154 Å². The van der Waals surface area contributed by atoms with Crippen molar-refractivity contribution in [2.45, 2.75) is 38.7 Å². The molecule has 0 spiro atoms. The van der Waals surface area contributed by atoms with Crippen LogP contribution in [0.5, 0.6) is 0 Å². The molecular formula is C21H24N2O3. The van der Waals surface area contributed by atoms with Gasteiger partial charge in [0, 0.05) is 49.7 Å². The number of pyridine rings is 1. The second-order valence-corrected chi connectivity index (χ2v) is 6.57. The lowest BCUT2D eigenvalue weighted by Crippen LogP contribution is -2.38. The molecule has 0 radical (unpaired) electrons. The van der Waals surface area contributed by atoms with E-state index in [4.69, 9.17) is 4.74 Å².